The molecule has 3 aromatic rings. The third-order valence-electron chi connectivity index (χ3n) is 6.32. The van der Waals surface area contributed by atoms with Crippen LogP contribution >= 0.6 is 0 Å². The molecular formula is C24H24N4O4. The number of nitrogens with zero attached hydrogens (tertiary/aromatic N) is 3. The van der Waals surface area contributed by atoms with E-state index < -0.39 is 17.0 Å². The van der Waals surface area contributed by atoms with Crippen molar-refractivity contribution >= 4 is 28.4 Å². The van der Waals surface area contributed by atoms with Crippen molar-refractivity contribution in [3.8, 4) is 0 Å². The maximum atomic E-state index is 13.5. The van der Waals surface area contributed by atoms with Crippen LogP contribution in [0, 0.1) is 16.0 Å². The largest absolute Gasteiger partial charge is 0.356 e. The molecule has 8 heteroatoms. The predicted molar refractivity (Wildman–Crippen MR) is 119 cm³/mol. The first-order valence-electron chi connectivity index (χ1n) is 10.8. The predicted octanol–water partition coefficient (Wildman–Crippen LogP) is 3.42. The molecule has 1 N–H and O–H groups in total. The standard InChI is InChI=1S/C24H24N4O4/c1-14(2)12-26-13-21(29)27-20(24(26)30)11-18-17-8-3-4-9-19(17)25-22(18)23(27)15-6-5-7-16(10-15)28(31)32/h3-10,14,20,23,25H,11-13H2,1-2H3/t20-,23+/m1/s1. The van der Waals surface area contributed by atoms with Gasteiger partial charge in [0.1, 0.15) is 6.04 Å². The lowest BCUT2D eigenvalue weighted by Gasteiger charge is -2.47. The first-order valence-corrected chi connectivity index (χ1v) is 10.8. The zero-order valence-corrected chi connectivity index (χ0v) is 17.9. The molecule has 1 fully saturated rings. The number of fused-ring (bicyclic) bond motifs is 4. The maximum Gasteiger partial charge on any atom is 0.269 e. The number of H-pyrrole nitrogens is 1. The Labute approximate surface area is 185 Å². The smallest absolute Gasteiger partial charge is 0.269 e. The summed E-state index contributed by atoms with van der Waals surface area (Å²) in [5, 5.41) is 12.4. The van der Waals surface area contributed by atoms with Gasteiger partial charge in [-0.25, -0.2) is 0 Å². The van der Waals surface area contributed by atoms with E-state index in [-0.39, 0.29) is 30.0 Å². The van der Waals surface area contributed by atoms with Gasteiger partial charge in [0.25, 0.3) is 5.69 Å². The second-order valence-corrected chi connectivity index (χ2v) is 8.95. The van der Waals surface area contributed by atoms with Gasteiger partial charge >= 0.3 is 0 Å². The number of non-ortho nitro benzene ring substituents is 1. The number of nitro benzene ring substituents is 1. The zero-order valence-electron chi connectivity index (χ0n) is 17.9. The summed E-state index contributed by atoms with van der Waals surface area (Å²) in [7, 11) is 0. The molecule has 0 aliphatic carbocycles. The summed E-state index contributed by atoms with van der Waals surface area (Å²) < 4.78 is 0. The number of hydrogen-bond donors (Lipinski definition) is 1. The SMILES string of the molecule is CC(C)CN1CC(=O)N2[C@@H](c3cccc([N+](=O)[O-])c3)c3[nH]c4ccccc4c3C[C@@H]2C1=O. The third kappa shape index (κ3) is 3.14. The lowest BCUT2D eigenvalue weighted by atomic mass is 9.86. The molecule has 0 radical (unpaired) electrons. The van der Waals surface area contributed by atoms with E-state index in [1.54, 1.807) is 21.9 Å². The van der Waals surface area contributed by atoms with E-state index in [2.05, 4.69) is 4.98 Å². The van der Waals surface area contributed by atoms with Gasteiger partial charge in [0.15, 0.2) is 0 Å². The molecule has 0 bridgehead atoms. The number of carbonyl (C=O) groups is 2. The van der Waals surface area contributed by atoms with Crippen molar-refractivity contribution in [1.29, 1.82) is 0 Å². The Morgan fingerprint density at radius 2 is 1.94 bits per heavy atom. The molecule has 0 unspecified atom stereocenters. The van der Waals surface area contributed by atoms with Crippen LogP contribution in [0.2, 0.25) is 0 Å². The first kappa shape index (κ1) is 20.2. The van der Waals surface area contributed by atoms with Gasteiger partial charge in [-0.1, -0.05) is 44.2 Å². The Balaban J connectivity index is 1.69. The number of piperazine rings is 1. The zero-order chi connectivity index (χ0) is 22.6. The minimum atomic E-state index is -0.633. The Bertz CT molecular complexity index is 1250. The lowest BCUT2D eigenvalue weighted by molar-refractivity contribution is -0.384. The van der Waals surface area contributed by atoms with Gasteiger partial charge < -0.3 is 14.8 Å². The van der Waals surface area contributed by atoms with Crippen LogP contribution in [-0.4, -0.2) is 50.7 Å². The number of aromatic nitrogens is 1. The van der Waals surface area contributed by atoms with Crippen LogP contribution in [0.3, 0.4) is 0 Å². The number of nitrogens with one attached hydrogen (secondary N) is 1. The van der Waals surface area contributed by atoms with Crippen molar-refractivity contribution < 1.29 is 14.5 Å². The van der Waals surface area contributed by atoms with Crippen LogP contribution in [0.1, 0.15) is 36.7 Å². The summed E-state index contributed by atoms with van der Waals surface area (Å²) in [6.07, 6.45) is 0.421. The second-order valence-electron chi connectivity index (χ2n) is 8.95. The number of carbonyl (C=O) groups excluding carboxylic acids is 2. The van der Waals surface area contributed by atoms with Gasteiger partial charge in [0, 0.05) is 41.7 Å². The highest BCUT2D eigenvalue weighted by atomic mass is 16.6. The summed E-state index contributed by atoms with van der Waals surface area (Å²) in [5.74, 6) is 0.0406. The topological polar surface area (TPSA) is 99.5 Å². The molecule has 2 aliphatic rings. The monoisotopic (exact) mass is 432 g/mol. The molecule has 2 amide bonds. The summed E-state index contributed by atoms with van der Waals surface area (Å²) in [6.45, 7) is 4.59. The van der Waals surface area contributed by atoms with Crippen LogP contribution in [0.5, 0.6) is 0 Å². The number of hydrogen-bond acceptors (Lipinski definition) is 4. The van der Waals surface area contributed by atoms with Crippen LogP contribution in [0.15, 0.2) is 48.5 Å². The molecular weight excluding hydrogens is 408 g/mol. The van der Waals surface area contributed by atoms with Crippen LogP contribution in [0.25, 0.3) is 10.9 Å². The Morgan fingerprint density at radius 1 is 1.16 bits per heavy atom. The number of aromatic amines is 1. The molecule has 1 aromatic heterocycles. The van der Waals surface area contributed by atoms with Crippen molar-refractivity contribution in [3.05, 3.63) is 75.5 Å². The van der Waals surface area contributed by atoms with Gasteiger partial charge in [-0.15, -0.1) is 0 Å². The minimum Gasteiger partial charge on any atom is -0.356 e. The molecule has 3 heterocycles. The molecule has 8 nitrogen and oxygen atoms in total. The summed E-state index contributed by atoms with van der Waals surface area (Å²) in [5.41, 5.74) is 3.31. The number of amides is 2. The third-order valence-corrected chi connectivity index (χ3v) is 6.32. The first-order chi connectivity index (χ1) is 15.3. The second kappa shape index (κ2) is 7.47. The fraction of sp³-hybridized carbons (Fsp3) is 0.333. The number of para-hydroxylation sites is 1. The average molecular weight is 432 g/mol. The highest BCUT2D eigenvalue weighted by molar-refractivity contribution is 5.97. The van der Waals surface area contributed by atoms with E-state index in [9.17, 15) is 19.7 Å². The van der Waals surface area contributed by atoms with E-state index in [1.165, 1.54) is 12.1 Å². The van der Waals surface area contributed by atoms with Crippen molar-refractivity contribution in [3.63, 3.8) is 0 Å². The Hall–Kier alpha value is -3.68. The van der Waals surface area contributed by atoms with Crippen molar-refractivity contribution in [1.82, 2.24) is 14.8 Å². The Kier molecular flexibility index (Phi) is 4.73. The lowest BCUT2D eigenvalue weighted by Crippen LogP contribution is -2.63. The van der Waals surface area contributed by atoms with E-state index in [1.807, 2.05) is 38.1 Å². The fourth-order valence-corrected chi connectivity index (χ4v) is 5.07. The molecule has 0 saturated carbocycles. The van der Waals surface area contributed by atoms with Crippen LogP contribution in [0.4, 0.5) is 5.69 Å². The molecule has 32 heavy (non-hydrogen) atoms. The van der Waals surface area contributed by atoms with E-state index >= 15 is 0 Å². The van der Waals surface area contributed by atoms with Crippen molar-refractivity contribution in [2.75, 3.05) is 13.1 Å². The van der Waals surface area contributed by atoms with Gasteiger partial charge in [-0.05, 0) is 23.1 Å². The van der Waals surface area contributed by atoms with Crippen LogP contribution in [-0.2, 0) is 16.0 Å². The number of benzene rings is 2. The highest BCUT2D eigenvalue weighted by Gasteiger charge is 2.48. The average Bonchev–Trinajstić information content (AvgIpc) is 3.14. The summed E-state index contributed by atoms with van der Waals surface area (Å²) in [4.78, 5) is 44.6. The van der Waals surface area contributed by atoms with E-state index in [0.717, 1.165) is 22.2 Å². The highest BCUT2D eigenvalue weighted by Crippen LogP contribution is 2.43. The normalized spacial score (nSPS) is 20.6. The maximum absolute atomic E-state index is 13.5. The van der Waals surface area contributed by atoms with E-state index in [4.69, 9.17) is 0 Å². The summed E-state index contributed by atoms with van der Waals surface area (Å²) in [6, 6.07) is 13.0. The van der Waals surface area contributed by atoms with Crippen molar-refractivity contribution in [2.45, 2.75) is 32.4 Å². The number of nitro groups is 1. The summed E-state index contributed by atoms with van der Waals surface area (Å²) >= 11 is 0. The molecule has 0 spiro atoms. The molecule has 2 aliphatic heterocycles. The fourth-order valence-electron chi connectivity index (χ4n) is 5.07. The Morgan fingerprint density at radius 3 is 2.69 bits per heavy atom. The number of rotatable bonds is 4. The quantitative estimate of drug-likeness (QED) is 0.504. The van der Waals surface area contributed by atoms with Crippen LogP contribution < -0.4 is 0 Å². The van der Waals surface area contributed by atoms with Crippen molar-refractivity contribution in [2.24, 2.45) is 5.92 Å². The molecule has 1 saturated heterocycles. The molecule has 164 valence electrons. The molecule has 5 rings (SSSR count). The van der Waals surface area contributed by atoms with Gasteiger partial charge in [0.2, 0.25) is 11.8 Å². The molecule has 2 aromatic carbocycles. The van der Waals surface area contributed by atoms with E-state index in [0.29, 0.717) is 18.5 Å². The molecule has 2 atom stereocenters. The van der Waals surface area contributed by atoms with Gasteiger partial charge in [-0.2, -0.15) is 0 Å². The van der Waals surface area contributed by atoms with Gasteiger partial charge in [0.05, 0.1) is 17.5 Å². The van der Waals surface area contributed by atoms with Gasteiger partial charge in [-0.3, -0.25) is 19.7 Å². The minimum absolute atomic E-state index is 0.0223.